The molecule has 1 rings (SSSR count). The molecule has 4 nitrogen and oxygen atoms in total. The Morgan fingerprint density at radius 3 is 2.50 bits per heavy atom. The summed E-state index contributed by atoms with van der Waals surface area (Å²) in [5.41, 5.74) is 6.04. The predicted octanol–water partition coefficient (Wildman–Crippen LogP) is 2.14. The van der Waals surface area contributed by atoms with E-state index in [0.29, 0.717) is 5.56 Å². The third-order valence-corrected chi connectivity index (χ3v) is 3.38. The number of amides is 2. The van der Waals surface area contributed by atoms with Crippen LogP contribution in [0.25, 0.3) is 0 Å². The van der Waals surface area contributed by atoms with Crippen LogP contribution in [0.3, 0.4) is 0 Å². The number of primary amides is 1. The normalized spacial score (nSPS) is 11.1. The molecule has 0 saturated heterocycles. The van der Waals surface area contributed by atoms with E-state index in [1.807, 2.05) is 13.0 Å². The van der Waals surface area contributed by atoms with Gasteiger partial charge in [-0.3, -0.25) is 9.59 Å². The molecule has 98 valence electrons. The maximum Gasteiger partial charge on any atom is 0.251 e. The minimum absolute atomic E-state index is 0.105. The number of nitrogens with one attached hydrogen (secondary N) is 1. The summed E-state index contributed by atoms with van der Waals surface area (Å²) in [5, 5.41) is 2.80. The van der Waals surface area contributed by atoms with E-state index >= 15 is 0 Å². The number of carbonyl (C=O) groups is 2. The molecule has 0 saturated carbocycles. The predicted molar refractivity (Wildman–Crippen MR) is 74.2 cm³/mol. The van der Waals surface area contributed by atoms with Crippen LogP contribution in [-0.4, -0.2) is 17.4 Å². The molecule has 0 fully saturated rings. The van der Waals surface area contributed by atoms with E-state index in [-0.39, 0.29) is 12.3 Å². The zero-order valence-electron chi connectivity index (χ0n) is 10.7. The maximum absolute atomic E-state index is 12.0. The average Bonchev–Trinajstić information content (AvgIpc) is 2.19. The fraction of sp³-hybridized carbons (Fsp3) is 0.385. The van der Waals surface area contributed by atoms with Gasteiger partial charge in [-0.25, -0.2) is 0 Å². The van der Waals surface area contributed by atoms with Crippen molar-refractivity contribution in [3.63, 3.8) is 0 Å². The molecule has 2 amide bonds. The van der Waals surface area contributed by atoms with Crippen molar-refractivity contribution < 1.29 is 9.59 Å². The SMILES string of the molecule is Cc1cc(C(=O)NC(C)(C)CC(N)=O)ccc1Br. The summed E-state index contributed by atoms with van der Waals surface area (Å²) in [7, 11) is 0. The molecule has 1 aromatic carbocycles. The van der Waals surface area contributed by atoms with Crippen LogP contribution < -0.4 is 11.1 Å². The smallest absolute Gasteiger partial charge is 0.251 e. The van der Waals surface area contributed by atoms with Gasteiger partial charge in [0, 0.05) is 22.0 Å². The molecule has 0 spiro atoms. The van der Waals surface area contributed by atoms with Crippen molar-refractivity contribution in [2.45, 2.75) is 32.7 Å². The Morgan fingerprint density at radius 2 is 2.00 bits per heavy atom. The van der Waals surface area contributed by atoms with Gasteiger partial charge >= 0.3 is 0 Å². The van der Waals surface area contributed by atoms with Crippen LogP contribution in [0, 0.1) is 6.92 Å². The topological polar surface area (TPSA) is 72.2 Å². The fourth-order valence-corrected chi connectivity index (χ4v) is 1.89. The monoisotopic (exact) mass is 312 g/mol. The number of aryl methyl sites for hydroxylation is 1. The average molecular weight is 313 g/mol. The molecule has 0 atom stereocenters. The number of halogens is 1. The third-order valence-electron chi connectivity index (χ3n) is 2.49. The van der Waals surface area contributed by atoms with E-state index in [1.165, 1.54) is 0 Å². The van der Waals surface area contributed by atoms with Crippen molar-refractivity contribution in [2.24, 2.45) is 5.73 Å². The number of rotatable bonds is 4. The molecule has 0 heterocycles. The van der Waals surface area contributed by atoms with E-state index in [1.54, 1.807) is 26.0 Å². The molecule has 0 aliphatic rings. The van der Waals surface area contributed by atoms with Crippen LogP contribution in [0.1, 0.15) is 36.2 Å². The van der Waals surface area contributed by atoms with E-state index < -0.39 is 11.4 Å². The number of benzene rings is 1. The van der Waals surface area contributed by atoms with E-state index in [4.69, 9.17) is 5.73 Å². The summed E-state index contributed by atoms with van der Waals surface area (Å²) in [4.78, 5) is 22.9. The lowest BCUT2D eigenvalue weighted by molar-refractivity contribution is -0.119. The largest absolute Gasteiger partial charge is 0.370 e. The van der Waals surface area contributed by atoms with Crippen molar-refractivity contribution in [1.82, 2.24) is 5.32 Å². The minimum atomic E-state index is -0.649. The van der Waals surface area contributed by atoms with Gasteiger partial charge in [0.25, 0.3) is 5.91 Å². The van der Waals surface area contributed by atoms with Crippen LogP contribution >= 0.6 is 15.9 Å². The van der Waals surface area contributed by atoms with Crippen LogP contribution in [-0.2, 0) is 4.79 Å². The lowest BCUT2D eigenvalue weighted by atomic mass is 9.99. The minimum Gasteiger partial charge on any atom is -0.370 e. The van der Waals surface area contributed by atoms with Crippen molar-refractivity contribution >= 4 is 27.7 Å². The van der Waals surface area contributed by atoms with Crippen molar-refractivity contribution in [2.75, 3.05) is 0 Å². The van der Waals surface area contributed by atoms with Crippen molar-refractivity contribution in [3.8, 4) is 0 Å². The Hall–Kier alpha value is -1.36. The Kier molecular flexibility index (Phi) is 4.51. The van der Waals surface area contributed by atoms with Crippen molar-refractivity contribution in [1.29, 1.82) is 0 Å². The summed E-state index contributed by atoms with van der Waals surface area (Å²) in [6.07, 6.45) is 0.105. The lowest BCUT2D eigenvalue weighted by Crippen LogP contribution is -2.46. The zero-order chi connectivity index (χ0) is 13.9. The molecular weight excluding hydrogens is 296 g/mol. The van der Waals surface area contributed by atoms with E-state index in [0.717, 1.165) is 10.0 Å². The summed E-state index contributed by atoms with van der Waals surface area (Å²) in [5.74, 6) is -0.649. The highest BCUT2D eigenvalue weighted by atomic mass is 79.9. The standard InChI is InChI=1S/C13H17BrN2O2/c1-8-6-9(4-5-10(8)14)12(18)16-13(2,3)7-11(15)17/h4-6H,7H2,1-3H3,(H2,15,17)(H,16,18). The van der Waals surface area contributed by atoms with Crippen LogP contribution in [0.2, 0.25) is 0 Å². The van der Waals surface area contributed by atoms with Gasteiger partial charge in [-0.15, -0.1) is 0 Å². The molecule has 18 heavy (non-hydrogen) atoms. The highest BCUT2D eigenvalue weighted by Gasteiger charge is 2.23. The Morgan fingerprint density at radius 1 is 1.39 bits per heavy atom. The quantitative estimate of drug-likeness (QED) is 0.894. The molecule has 0 aromatic heterocycles. The molecule has 5 heteroatoms. The highest BCUT2D eigenvalue weighted by Crippen LogP contribution is 2.18. The molecule has 0 radical (unpaired) electrons. The summed E-state index contributed by atoms with van der Waals surface area (Å²) in [6.45, 7) is 5.44. The van der Waals surface area contributed by atoms with Gasteiger partial charge in [-0.2, -0.15) is 0 Å². The van der Waals surface area contributed by atoms with Gasteiger partial charge in [0.1, 0.15) is 0 Å². The van der Waals surface area contributed by atoms with Crippen molar-refractivity contribution in [3.05, 3.63) is 33.8 Å². The van der Waals surface area contributed by atoms with Crippen LogP contribution in [0.15, 0.2) is 22.7 Å². The van der Waals surface area contributed by atoms with Gasteiger partial charge in [0.15, 0.2) is 0 Å². The molecule has 0 unspecified atom stereocenters. The third kappa shape index (κ3) is 4.14. The summed E-state index contributed by atoms with van der Waals surface area (Å²) in [6, 6.07) is 5.35. The summed E-state index contributed by atoms with van der Waals surface area (Å²) >= 11 is 3.38. The van der Waals surface area contributed by atoms with Gasteiger partial charge < -0.3 is 11.1 Å². The van der Waals surface area contributed by atoms with Gasteiger partial charge in [0.05, 0.1) is 0 Å². The number of hydrogen-bond acceptors (Lipinski definition) is 2. The van der Waals surface area contributed by atoms with E-state index in [2.05, 4.69) is 21.2 Å². The summed E-state index contributed by atoms with van der Waals surface area (Å²) < 4.78 is 0.954. The lowest BCUT2D eigenvalue weighted by Gasteiger charge is -2.24. The maximum atomic E-state index is 12.0. The molecule has 3 N–H and O–H groups in total. The first-order valence-electron chi connectivity index (χ1n) is 5.58. The zero-order valence-corrected chi connectivity index (χ0v) is 12.3. The first-order chi connectivity index (χ1) is 8.21. The molecule has 1 aromatic rings. The number of hydrogen-bond donors (Lipinski definition) is 2. The van der Waals surface area contributed by atoms with Gasteiger partial charge in [-0.05, 0) is 44.5 Å². The molecular formula is C13H17BrN2O2. The molecule has 0 bridgehead atoms. The van der Waals surface area contributed by atoms with Crippen LogP contribution in [0.4, 0.5) is 0 Å². The highest BCUT2D eigenvalue weighted by molar-refractivity contribution is 9.10. The van der Waals surface area contributed by atoms with Gasteiger partial charge in [0.2, 0.25) is 5.91 Å². The Labute approximate surface area is 115 Å². The van der Waals surface area contributed by atoms with E-state index in [9.17, 15) is 9.59 Å². The number of nitrogens with two attached hydrogens (primary N) is 1. The Bertz CT molecular complexity index is 484. The second-order valence-electron chi connectivity index (χ2n) is 4.95. The Balaban J connectivity index is 2.82. The first-order valence-corrected chi connectivity index (χ1v) is 6.37. The van der Waals surface area contributed by atoms with Crippen LogP contribution in [0.5, 0.6) is 0 Å². The second-order valence-corrected chi connectivity index (χ2v) is 5.80. The molecule has 0 aliphatic heterocycles. The molecule has 0 aliphatic carbocycles. The number of carbonyl (C=O) groups excluding carboxylic acids is 2. The fourth-order valence-electron chi connectivity index (χ4n) is 1.65. The first kappa shape index (κ1) is 14.7. The van der Waals surface area contributed by atoms with Gasteiger partial charge in [-0.1, -0.05) is 15.9 Å². The second kappa shape index (κ2) is 5.52.